The molecule has 12 heavy (non-hydrogen) atoms. The van der Waals surface area contributed by atoms with Gasteiger partial charge in [0, 0.05) is 9.75 Å². The van der Waals surface area contributed by atoms with E-state index in [4.69, 9.17) is 0 Å². The Morgan fingerprint density at radius 3 is 3.17 bits per heavy atom. The summed E-state index contributed by atoms with van der Waals surface area (Å²) in [6.45, 7) is 2.20. The normalized spacial score (nSPS) is 18.8. The number of thiophene rings is 1. The molecule has 3 rings (SSSR count). The van der Waals surface area contributed by atoms with Crippen molar-refractivity contribution >= 4 is 16.9 Å². The molecule has 0 fully saturated rings. The van der Waals surface area contributed by atoms with Gasteiger partial charge in [-0.3, -0.25) is 0 Å². The van der Waals surface area contributed by atoms with Gasteiger partial charge in [-0.15, -0.1) is 11.3 Å². The number of hydrogen-bond donors (Lipinski definition) is 0. The summed E-state index contributed by atoms with van der Waals surface area (Å²) in [7, 11) is 0. The Morgan fingerprint density at radius 1 is 1.33 bits per heavy atom. The van der Waals surface area contributed by atoms with Gasteiger partial charge in [-0.05, 0) is 42.5 Å². The largest absolute Gasteiger partial charge is 0.140 e. The van der Waals surface area contributed by atoms with Crippen LogP contribution in [0.4, 0.5) is 0 Å². The first-order valence-electron chi connectivity index (χ1n) is 4.34. The molecule has 0 spiro atoms. The Balaban J connectivity index is 2.25. The van der Waals surface area contributed by atoms with Crippen molar-refractivity contribution in [1.29, 1.82) is 0 Å². The van der Waals surface area contributed by atoms with Crippen molar-refractivity contribution in [2.45, 2.75) is 19.8 Å². The zero-order chi connectivity index (χ0) is 8.13. The van der Waals surface area contributed by atoms with E-state index < -0.39 is 0 Å². The van der Waals surface area contributed by atoms with Crippen molar-refractivity contribution in [3.8, 4) is 0 Å². The van der Waals surface area contributed by atoms with Gasteiger partial charge < -0.3 is 0 Å². The molecule has 0 saturated carbocycles. The van der Waals surface area contributed by atoms with Crippen molar-refractivity contribution in [2.24, 2.45) is 0 Å². The van der Waals surface area contributed by atoms with E-state index in [9.17, 15) is 0 Å². The molecule has 1 aromatic heterocycles. The van der Waals surface area contributed by atoms with Crippen LogP contribution in [-0.2, 0) is 6.42 Å². The zero-order valence-corrected chi connectivity index (χ0v) is 7.87. The average molecular weight is 174 g/mol. The van der Waals surface area contributed by atoms with Gasteiger partial charge in [0.25, 0.3) is 0 Å². The predicted octanol–water partition coefficient (Wildman–Crippen LogP) is 3.33. The Kier molecular flexibility index (Phi) is 1.17. The molecule has 0 radical (unpaired) electrons. The van der Waals surface area contributed by atoms with E-state index in [0.29, 0.717) is 0 Å². The molecule has 0 nitrogen and oxygen atoms in total. The smallest absolute Gasteiger partial charge is 0.0380 e. The monoisotopic (exact) mass is 174 g/mol. The zero-order valence-electron chi connectivity index (χ0n) is 7.05. The molecule has 0 aliphatic heterocycles. The van der Waals surface area contributed by atoms with Crippen LogP contribution in [0.1, 0.15) is 21.7 Å². The van der Waals surface area contributed by atoms with Gasteiger partial charge in [0.1, 0.15) is 0 Å². The second-order valence-electron chi connectivity index (χ2n) is 3.47. The lowest BCUT2D eigenvalue weighted by Gasteiger charge is -1.92. The number of allylic oxidation sites excluding steroid dienone is 4. The first-order valence-corrected chi connectivity index (χ1v) is 5.15. The number of rotatable bonds is 0. The minimum atomic E-state index is 1.15. The maximum Gasteiger partial charge on any atom is 0.0380 e. The lowest BCUT2D eigenvalue weighted by atomic mass is 10.2. The minimum Gasteiger partial charge on any atom is -0.140 e. The number of hydrogen-bond acceptors (Lipinski definition) is 1. The lowest BCUT2D eigenvalue weighted by molar-refractivity contribution is 1.26. The highest BCUT2D eigenvalue weighted by molar-refractivity contribution is 7.13. The van der Waals surface area contributed by atoms with E-state index in [1.165, 1.54) is 21.7 Å². The van der Waals surface area contributed by atoms with E-state index >= 15 is 0 Å². The summed E-state index contributed by atoms with van der Waals surface area (Å²) < 4.78 is 0. The third-order valence-electron chi connectivity index (χ3n) is 2.59. The van der Waals surface area contributed by atoms with Crippen LogP contribution in [-0.4, -0.2) is 0 Å². The molecule has 0 unspecified atom stereocenters. The average Bonchev–Trinajstić information content (AvgIpc) is 2.59. The fraction of sp³-hybridized carbons (Fsp3) is 0.273. The van der Waals surface area contributed by atoms with Gasteiger partial charge in [-0.1, -0.05) is 12.2 Å². The molecule has 2 aliphatic carbocycles. The molecule has 60 valence electrons. The fourth-order valence-corrected chi connectivity index (χ4v) is 3.21. The van der Waals surface area contributed by atoms with E-state index in [1.807, 2.05) is 11.3 Å². The van der Waals surface area contributed by atoms with Crippen molar-refractivity contribution in [2.75, 3.05) is 0 Å². The Morgan fingerprint density at radius 2 is 2.25 bits per heavy atom. The van der Waals surface area contributed by atoms with Gasteiger partial charge in [-0.2, -0.15) is 0 Å². The summed E-state index contributed by atoms with van der Waals surface area (Å²) in [6.07, 6.45) is 7.06. The summed E-state index contributed by atoms with van der Waals surface area (Å²) in [5.41, 5.74) is 4.65. The third kappa shape index (κ3) is 0.721. The summed E-state index contributed by atoms with van der Waals surface area (Å²) in [6, 6.07) is 2.33. The summed E-state index contributed by atoms with van der Waals surface area (Å²) in [5, 5.41) is 0. The maximum absolute atomic E-state index is 2.36. The van der Waals surface area contributed by atoms with Crippen LogP contribution in [0.25, 0.3) is 5.57 Å². The quantitative estimate of drug-likeness (QED) is 0.566. The molecule has 1 heterocycles. The minimum absolute atomic E-state index is 1.15. The number of fused-ring (bicyclic) bond motifs is 3. The molecule has 0 amide bonds. The van der Waals surface area contributed by atoms with Gasteiger partial charge in [-0.25, -0.2) is 0 Å². The van der Waals surface area contributed by atoms with Crippen LogP contribution in [0.3, 0.4) is 0 Å². The molecule has 1 aromatic rings. The van der Waals surface area contributed by atoms with E-state index in [1.54, 1.807) is 11.1 Å². The SMILES string of the molecule is Cc1cc2c(s1)C1=CCC=C1C2. The topological polar surface area (TPSA) is 0 Å². The maximum atomic E-state index is 2.36. The molecule has 0 aromatic carbocycles. The van der Waals surface area contributed by atoms with Crippen LogP contribution in [0.2, 0.25) is 0 Å². The van der Waals surface area contributed by atoms with Gasteiger partial charge >= 0.3 is 0 Å². The van der Waals surface area contributed by atoms with Crippen LogP contribution in [0, 0.1) is 6.92 Å². The third-order valence-corrected chi connectivity index (χ3v) is 3.72. The fourth-order valence-electron chi connectivity index (χ4n) is 2.10. The van der Waals surface area contributed by atoms with Crippen LogP contribution in [0.5, 0.6) is 0 Å². The van der Waals surface area contributed by atoms with Crippen LogP contribution >= 0.6 is 11.3 Å². The second kappa shape index (κ2) is 2.11. The molecule has 0 N–H and O–H groups in total. The standard InChI is InChI=1S/C11H10S/c1-7-5-9-6-8-3-2-4-10(8)11(9)12-7/h3-5H,2,6H2,1H3. The van der Waals surface area contributed by atoms with E-state index in [2.05, 4.69) is 25.1 Å². The molecule has 0 bridgehead atoms. The highest BCUT2D eigenvalue weighted by Gasteiger charge is 2.24. The molecule has 0 atom stereocenters. The van der Waals surface area contributed by atoms with Crippen molar-refractivity contribution in [3.05, 3.63) is 39.1 Å². The Hall–Kier alpha value is -0.820. The lowest BCUT2D eigenvalue weighted by Crippen LogP contribution is -1.75. The highest BCUT2D eigenvalue weighted by atomic mass is 32.1. The predicted molar refractivity (Wildman–Crippen MR) is 53.4 cm³/mol. The van der Waals surface area contributed by atoms with E-state index in [0.717, 1.165) is 6.42 Å². The number of aryl methyl sites for hydroxylation is 1. The molecular formula is C11H10S. The van der Waals surface area contributed by atoms with Crippen LogP contribution in [0.15, 0.2) is 23.8 Å². The van der Waals surface area contributed by atoms with Crippen molar-refractivity contribution in [1.82, 2.24) is 0 Å². The van der Waals surface area contributed by atoms with Gasteiger partial charge in [0.05, 0.1) is 0 Å². The molecule has 0 saturated heterocycles. The van der Waals surface area contributed by atoms with Gasteiger partial charge in [0.2, 0.25) is 0 Å². The van der Waals surface area contributed by atoms with Crippen LogP contribution < -0.4 is 0 Å². The second-order valence-corrected chi connectivity index (χ2v) is 4.73. The Labute approximate surface area is 76.2 Å². The Bertz CT molecular complexity index is 405. The summed E-state index contributed by atoms with van der Waals surface area (Å²) >= 11 is 1.94. The van der Waals surface area contributed by atoms with E-state index in [-0.39, 0.29) is 0 Å². The van der Waals surface area contributed by atoms with Gasteiger partial charge in [0.15, 0.2) is 0 Å². The first-order chi connectivity index (χ1) is 5.84. The first kappa shape index (κ1) is 6.67. The van der Waals surface area contributed by atoms with Crippen molar-refractivity contribution < 1.29 is 0 Å². The molecule has 1 heteroatoms. The molecule has 2 aliphatic rings. The summed E-state index contributed by atoms with van der Waals surface area (Å²) in [4.78, 5) is 2.99. The molecular weight excluding hydrogens is 164 g/mol. The highest BCUT2D eigenvalue weighted by Crippen LogP contribution is 2.44. The summed E-state index contributed by atoms with van der Waals surface area (Å²) in [5.74, 6) is 0. The van der Waals surface area contributed by atoms with Crippen molar-refractivity contribution in [3.63, 3.8) is 0 Å².